The number of unbranched alkanes of at least 4 members (excludes halogenated alkanes) is 6. The highest BCUT2D eigenvalue weighted by atomic mass is 16.5. The van der Waals surface area contributed by atoms with Crippen molar-refractivity contribution >= 4 is 5.97 Å². The van der Waals surface area contributed by atoms with Gasteiger partial charge in [-0.05, 0) is 12.3 Å². The molecule has 0 rings (SSSR count). The summed E-state index contributed by atoms with van der Waals surface area (Å²) in [5.74, 6) is 0.680. The Balaban J connectivity index is 3.81. The highest BCUT2D eigenvalue weighted by Crippen LogP contribution is 2.23. The van der Waals surface area contributed by atoms with E-state index >= 15 is 0 Å². The lowest BCUT2D eigenvalue weighted by molar-refractivity contribution is -0.141. The number of carbonyl (C=O) groups excluding carboxylic acids is 1. The third-order valence-corrected chi connectivity index (χ3v) is 3.92. The lowest BCUT2D eigenvalue weighted by atomic mass is 9.90. The summed E-state index contributed by atoms with van der Waals surface area (Å²) < 4.78 is 4.75. The molecule has 0 spiro atoms. The Morgan fingerprint density at radius 3 is 1.79 bits per heavy atom. The Hall–Kier alpha value is -0.530. The smallest absolute Gasteiger partial charge is 0.305 e. The van der Waals surface area contributed by atoms with Gasteiger partial charge in [-0.15, -0.1) is 0 Å². The first kappa shape index (κ1) is 18.5. The maximum absolute atomic E-state index is 11.2. The molecule has 0 aliphatic carbocycles. The van der Waals surface area contributed by atoms with Crippen molar-refractivity contribution in [3.05, 3.63) is 0 Å². The third-order valence-electron chi connectivity index (χ3n) is 3.92. The Labute approximate surface area is 120 Å². The first-order valence-electron chi connectivity index (χ1n) is 8.31. The second-order valence-electron chi connectivity index (χ2n) is 5.68. The van der Waals surface area contributed by atoms with Crippen molar-refractivity contribution in [2.75, 3.05) is 7.11 Å². The zero-order valence-corrected chi connectivity index (χ0v) is 13.4. The van der Waals surface area contributed by atoms with Crippen molar-refractivity contribution in [3.63, 3.8) is 0 Å². The largest absolute Gasteiger partial charge is 0.469 e. The fourth-order valence-corrected chi connectivity index (χ4v) is 2.58. The lowest BCUT2D eigenvalue weighted by Gasteiger charge is -2.16. The molecule has 2 heteroatoms. The molecule has 0 saturated heterocycles. The number of rotatable bonds is 13. The minimum absolute atomic E-state index is 0.0490. The lowest BCUT2D eigenvalue weighted by Crippen LogP contribution is -2.07. The third kappa shape index (κ3) is 12.3. The van der Waals surface area contributed by atoms with E-state index in [-0.39, 0.29) is 5.97 Å². The van der Waals surface area contributed by atoms with Crippen molar-refractivity contribution < 1.29 is 9.53 Å². The molecular weight excluding hydrogens is 236 g/mol. The second kappa shape index (κ2) is 13.9. The maximum Gasteiger partial charge on any atom is 0.305 e. The van der Waals surface area contributed by atoms with E-state index in [2.05, 4.69) is 13.8 Å². The van der Waals surface area contributed by atoms with Crippen LogP contribution in [0.25, 0.3) is 0 Å². The molecule has 0 bridgehead atoms. The average Bonchev–Trinajstić information content (AvgIpc) is 2.44. The first-order valence-corrected chi connectivity index (χ1v) is 8.31. The number of carbonyl (C=O) groups is 1. The maximum atomic E-state index is 11.2. The van der Waals surface area contributed by atoms with E-state index in [4.69, 9.17) is 4.74 Å². The van der Waals surface area contributed by atoms with Crippen molar-refractivity contribution in [2.45, 2.75) is 90.9 Å². The molecule has 0 aliphatic heterocycles. The summed E-state index contributed by atoms with van der Waals surface area (Å²) in [5.41, 5.74) is 0. The van der Waals surface area contributed by atoms with Gasteiger partial charge in [-0.25, -0.2) is 0 Å². The summed E-state index contributed by atoms with van der Waals surface area (Å²) in [6.07, 6.45) is 14.8. The van der Waals surface area contributed by atoms with Gasteiger partial charge in [0.25, 0.3) is 0 Å². The van der Waals surface area contributed by atoms with E-state index in [1.807, 2.05) is 0 Å². The topological polar surface area (TPSA) is 26.3 Å². The van der Waals surface area contributed by atoms with Crippen LogP contribution in [0.5, 0.6) is 0 Å². The van der Waals surface area contributed by atoms with E-state index < -0.39 is 0 Å². The molecule has 0 heterocycles. The van der Waals surface area contributed by atoms with Gasteiger partial charge in [0, 0.05) is 6.42 Å². The predicted octanol–water partition coefficient (Wildman–Crippen LogP) is 5.50. The normalized spacial score (nSPS) is 10.9. The van der Waals surface area contributed by atoms with Crippen LogP contribution in [0.3, 0.4) is 0 Å². The molecule has 0 aliphatic rings. The molecule has 0 aromatic rings. The van der Waals surface area contributed by atoms with E-state index in [1.165, 1.54) is 71.3 Å². The van der Waals surface area contributed by atoms with E-state index in [0.29, 0.717) is 6.42 Å². The molecule has 0 aromatic carbocycles. The van der Waals surface area contributed by atoms with Gasteiger partial charge < -0.3 is 4.74 Å². The second-order valence-corrected chi connectivity index (χ2v) is 5.68. The molecule has 0 saturated carbocycles. The first-order chi connectivity index (χ1) is 9.24. The fraction of sp³-hybridized carbons (Fsp3) is 0.941. The summed E-state index contributed by atoms with van der Waals surface area (Å²) in [7, 11) is 1.49. The fourth-order valence-electron chi connectivity index (χ4n) is 2.58. The summed E-state index contributed by atoms with van der Waals surface area (Å²) in [6, 6.07) is 0. The van der Waals surface area contributed by atoms with Crippen LogP contribution in [0.2, 0.25) is 0 Å². The Morgan fingerprint density at radius 2 is 1.37 bits per heavy atom. The molecule has 0 N–H and O–H groups in total. The molecule has 0 unspecified atom stereocenters. The quantitative estimate of drug-likeness (QED) is 0.326. The molecule has 0 aromatic heterocycles. The molecule has 19 heavy (non-hydrogen) atoms. The van der Waals surface area contributed by atoms with Crippen LogP contribution < -0.4 is 0 Å². The van der Waals surface area contributed by atoms with Gasteiger partial charge in [0.05, 0.1) is 7.11 Å². The Bertz CT molecular complexity index is 189. The Kier molecular flexibility index (Phi) is 13.5. The summed E-state index contributed by atoms with van der Waals surface area (Å²) in [5, 5.41) is 0. The molecule has 114 valence electrons. The average molecular weight is 270 g/mol. The molecule has 0 amide bonds. The highest BCUT2D eigenvalue weighted by molar-refractivity contribution is 5.69. The number of esters is 1. The van der Waals surface area contributed by atoms with E-state index in [9.17, 15) is 4.79 Å². The number of ether oxygens (including phenoxy) is 1. The van der Waals surface area contributed by atoms with E-state index in [1.54, 1.807) is 0 Å². The summed E-state index contributed by atoms with van der Waals surface area (Å²) in [6.45, 7) is 4.50. The van der Waals surface area contributed by atoms with Gasteiger partial charge in [0.15, 0.2) is 0 Å². The zero-order valence-electron chi connectivity index (χ0n) is 13.4. The molecule has 0 radical (unpaired) electrons. The van der Waals surface area contributed by atoms with Crippen LogP contribution >= 0.6 is 0 Å². The van der Waals surface area contributed by atoms with Crippen LogP contribution in [-0.2, 0) is 9.53 Å². The van der Waals surface area contributed by atoms with E-state index in [0.717, 1.165) is 12.3 Å². The number of hydrogen-bond donors (Lipinski definition) is 0. The highest BCUT2D eigenvalue weighted by Gasteiger charge is 2.11. The van der Waals surface area contributed by atoms with Crippen LogP contribution in [0.15, 0.2) is 0 Å². The monoisotopic (exact) mass is 270 g/mol. The molecule has 2 nitrogen and oxygen atoms in total. The van der Waals surface area contributed by atoms with Gasteiger partial charge in [-0.3, -0.25) is 4.79 Å². The minimum atomic E-state index is -0.0490. The molecule has 0 atom stereocenters. The SMILES string of the molecule is CCCCCCC(CCCCCC)CCC(=O)OC. The summed E-state index contributed by atoms with van der Waals surface area (Å²) >= 11 is 0. The van der Waals surface area contributed by atoms with Gasteiger partial charge in [0.2, 0.25) is 0 Å². The van der Waals surface area contributed by atoms with Gasteiger partial charge in [0.1, 0.15) is 0 Å². The molecular formula is C17H34O2. The van der Waals surface area contributed by atoms with Gasteiger partial charge in [-0.2, -0.15) is 0 Å². The van der Waals surface area contributed by atoms with Crippen molar-refractivity contribution in [3.8, 4) is 0 Å². The predicted molar refractivity (Wildman–Crippen MR) is 82.3 cm³/mol. The number of methoxy groups -OCH3 is 1. The van der Waals surface area contributed by atoms with Gasteiger partial charge >= 0.3 is 5.97 Å². The molecule has 0 fully saturated rings. The minimum Gasteiger partial charge on any atom is -0.469 e. The number of hydrogen-bond acceptors (Lipinski definition) is 2. The van der Waals surface area contributed by atoms with Crippen molar-refractivity contribution in [1.82, 2.24) is 0 Å². The van der Waals surface area contributed by atoms with Gasteiger partial charge in [-0.1, -0.05) is 78.1 Å². The van der Waals surface area contributed by atoms with Crippen LogP contribution in [-0.4, -0.2) is 13.1 Å². The van der Waals surface area contributed by atoms with Crippen LogP contribution in [0.1, 0.15) is 90.9 Å². The van der Waals surface area contributed by atoms with Crippen LogP contribution in [0.4, 0.5) is 0 Å². The summed E-state index contributed by atoms with van der Waals surface area (Å²) in [4.78, 5) is 11.2. The zero-order chi connectivity index (χ0) is 14.3. The van der Waals surface area contributed by atoms with Crippen LogP contribution in [0, 0.1) is 5.92 Å². The van der Waals surface area contributed by atoms with Crippen molar-refractivity contribution in [2.24, 2.45) is 5.92 Å². The van der Waals surface area contributed by atoms with Crippen molar-refractivity contribution in [1.29, 1.82) is 0 Å². The Morgan fingerprint density at radius 1 is 0.842 bits per heavy atom. The standard InChI is InChI=1S/C17H34O2/c1-4-6-8-10-12-16(13-11-9-7-5-2)14-15-17(18)19-3/h16H,4-15H2,1-3H3.